The Hall–Kier alpha value is -4.40. The van der Waals surface area contributed by atoms with Crippen molar-refractivity contribution in [3.8, 4) is 0 Å². The standard InChI is InChI=1S/C38H39N3O4/c1-26(32-18-17-29-6-3-4-7-33(29)20-32)41(2)24-35-21-36(30-13-11-28(25-42)12-14-30)45-38(44-35)31-15-9-27(10-16-31)22-40-37(43)34-8-5-19-39-23-34/h3-20,23,26,35-36,38,42H,21-22,24-25H2,1-2H3,(H,40,43). The minimum Gasteiger partial charge on any atom is -0.392 e. The summed E-state index contributed by atoms with van der Waals surface area (Å²) in [5.74, 6) is -0.161. The molecular weight excluding hydrogens is 562 g/mol. The fourth-order valence-corrected chi connectivity index (χ4v) is 5.81. The highest BCUT2D eigenvalue weighted by Gasteiger charge is 2.33. The first-order chi connectivity index (χ1) is 22.0. The number of rotatable bonds is 10. The number of likely N-dealkylation sites (N-methyl/N-ethyl adjacent to an activating group) is 1. The molecule has 0 bridgehead atoms. The van der Waals surface area contributed by atoms with Crippen LogP contribution in [0.1, 0.15) is 70.0 Å². The molecule has 230 valence electrons. The van der Waals surface area contributed by atoms with Gasteiger partial charge in [0.15, 0.2) is 6.29 Å². The van der Waals surface area contributed by atoms with Crippen molar-refractivity contribution in [2.45, 2.75) is 51.0 Å². The van der Waals surface area contributed by atoms with Crippen LogP contribution in [-0.2, 0) is 22.6 Å². The predicted molar refractivity (Wildman–Crippen MR) is 175 cm³/mol. The molecule has 1 amide bonds. The van der Waals surface area contributed by atoms with Crippen molar-refractivity contribution in [3.05, 3.63) is 149 Å². The lowest BCUT2D eigenvalue weighted by molar-refractivity contribution is -0.253. The van der Waals surface area contributed by atoms with Crippen molar-refractivity contribution in [1.29, 1.82) is 0 Å². The van der Waals surface area contributed by atoms with Gasteiger partial charge in [0, 0.05) is 43.5 Å². The van der Waals surface area contributed by atoms with Crippen molar-refractivity contribution in [3.63, 3.8) is 0 Å². The van der Waals surface area contributed by atoms with Gasteiger partial charge in [0.1, 0.15) is 0 Å². The fourth-order valence-electron chi connectivity index (χ4n) is 5.81. The summed E-state index contributed by atoms with van der Waals surface area (Å²) in [6.45, 7) is 3.38. The van der Waals surface area contributed by atoms with Gasteiger partial charge in [-0.3, -0.25) is 14.7 Å². The Morgan fingerprint density at radius 3 is 2.38 bits per heavy atom. The number of ether oxygens (including phenoxy) is 2. The number of hydrogen-bond acceptors (Lipinski definition) is 6. The molecule has 45 heavy (non-hydrogen) atoms. The summed E-state index contributed by atoms with van der Waals surface area (Å²) in [7, 11) is 2.15. The summed E-state index contributed by atoms with van der Waals surface area (Å²) < 4.78 is 13.2. The molecule has 4 atom stereocenters. The molecule has 2 N–H and O–H groups in total. The second-order valence-electron chi connectivity index (χ2n) is 11.7. The van der Waals surface area contributed by atoms with Gasteiger partial charge in [0.2, 0.25) is 0 Å². The van der Waals surface area contributed by atoms with Crippen LogP contribution in [0.4, 0.5) is 0 Å². The van der Waals surface area contributed by atoms with E-state index in [1.165, 1.54) is 16.3 Å². The second-order valence-corrected chi connectivity index (χ2v) is 11.7. The van der Waals surface area contributed by atoms with Gasteiger partial charge in [-0.1, -0.05) is 84.9 Å². The molecule has 5 aromatic rings. The Labute approximate surface area is 264 Å². The zero-order valence-corrected chi connectivity index (χ0v) is 25.7. The van der Waals surface area contributed by atoms with Gasteiger partial charge in [-0.25, -0.2) is 0 Å². The third kappa shape index (κ3) is 7.47. The molecule has 1 fully saturated rings. The highest BCUT2D eigenvalue weighted by atomic mass is 16.7. The first-order valence-electron chi connectivity index (χ1n) is 15.4. The fraction of sp³-hybridized carbons (Fsp3) is 0.263. The molecule has 2 heterocycles. The van der Waals surface area contributed by atoms with Crippen LogP contribution in [-0.4, -0.2) is 40.6 Å². The third-order valence-corrected chi connectivity index (χ3v) is 8.65. The van der Waals surface area contributed by atoms with Crippen molar-refractivity contribution in [1.82, 2.24) is 15.2 Å². The van der Waals surface area contributed by atoms with E-state index >= 15 is 0 Å². The zero-order chi connectivity index (χ0) is 31.2. The molecule has 7 heteroatoms. The molecule has 0 saturated carbocycles. The molecule has 1 saturated heterocycles. The molecule has 0 radical (unpaired) electrons. The molecule has 0 aliphatic carbocycles. The monoisotopic (exact) mass is 601 g/mol. The number of benzene rings is 4. The van der Waals surface area contributed by atoms with Gasteiger partial charge in [-0.15, -0.1) is 0 Å². The number of aliphatic hydroxyl groups excluding tert-OH is 1. The molecule has 6 rings (SSSR count). The summed E-state index contributed by atoms with van der Waals surface area (Å²) in [6, 6.07) is 34.8. The Bertz CT molecular complexity index is 1710. The van der Waals surface area contributed by atoms with E-state index in [0.29, 0.717) is 18.5 Å². The normalized spacial score (nSPS) is 19.0. The number of nitrogens with zero attached hydrogens (tertiary/aromatic N) is 2. The summed E-state index contributed by atoms with van der Waals surface area (Å²) in [5, 5.41) is 15.0. The third-order valence-electron chi connectivity index (χ3n) is 8.65. The van der Waals surface area contributed by atoms with Crippen LogP contribution >= 0.6 is 0 Å². The average molecular weight is 602 g/mol. The molecule has 4 unspecified atom stereocenters. The quantitative estimate of drug-likeness (QED) is 0.181. The molecule has 7 nitrogen and oxygen atoms in total. The molecular formula is C38H39N3O4. The van der Waals surface area contributed by atoms with E-state index in [2.05, 4.69) is 71.6 Å². The number of nitrogens with one attached hydrogen (secondary N) is 1. The Morgan fingerprint density at radius 2 is 1.64 bits per heavy atom. The van der Waals surface area contributed by atoms with E-state index in [1.54, 1.807) is 24.5 Å². The first kappa shape index (κ1) is 30.6. The minimum atomic E-state index is -0.547. The number of pyridine rings is 1. The minimum absolute atomic E-state index is 0.00661. The van der Waals surface area contributed by atoms with Gasteiger partial charge in [0.25, 0.3) is 5.91 Å². The van der Waals surface area contributed by atoms with Crippen molar-refractivity contribution in [2.75, 3.05) is 13.6 Å². The summed E-state index contributed by atoms with van der Waals surface area (Å²) in [4.78, 5) is 18.8. The van der Waals surface area contributed by atoms with Crippen molar-refractivity contribution < 1.29 is 19.4 Å². The zero-order valence-electron chi connectivity index (χ0n) is 25.7. The molecule has 1 aliphatic heterocycles. The van der Waals surface area contributed by atoms with Gasteiger partial charge < -0.3 is 19.9 Å². The Balaban J connectivity index is 1.16. The largest absolute Gasteiger partial charge is 0.392 e. The number of fused-ring (bicyclic) bond motifs is 1. The van der Waals surface area contributed by atoms with E-state index in [1.807, 2.05) is 48.5 Å². The average Bonchev–Trinajstić information content (AvgIpc) is 3.10. The van der Waals surface area contributed by atoms with Gasteiger partial charge in [-0.05, 0) is 65.2 Å². The maximum absolute atomic E-state index is 12.5. The molecule has 1 aromatic heterocycles. The van der Waals surface area contributed by atoms with Crippen molar-refractivity contribution in [2.24, 2.45) is 0 Å². The number of carbonyl (C=O) groups is 1. The SMILES string of the molecule is CC(c1ccc2ccccc2c1)N(C)CC1CC(c2ccc(CO)cc2)OC(c2ccc(CNC(=O)c3cccnc3)cc2)O1. The van der Waals surface area contributed by atoms with Crippen LogP contribution in [0.15, 0.2) is 116 Å². The van der Waals surface area contributed by atoms with E-state index in [4.69, 9.17) is 9.47 Å². The molecule has 4 aromatic carbocycles. The highest BCUT2D eigenvalue weighted by Crippen LogP contribution is 2.38. The summed E-state index contributed by atoms with van der Waals surface area (Å²) in [6.07, 6.45) is 3.13. The molecule has 1 aliphatic rings. The Kier molecular flexibility index (Phi) is 9.62. The van der Waals surface area contributed by atoms with Gasteiger partial charge in [0.05, 0.1) is 24.4 Å². The lowest BCUT2D eigenvalue weighted by Crippen LogP contribution is -2.38. The van der Waals surface area contributed by atoms with Crippen LogP contribution in [0.2, 0.25) is 0 Å². The lowest BCUT2D eigenvalue weighted by Gasteiger charge is -2.39. The smallest absolute Gasteiger partial charge is 0.253 e. The van der Waals surface area contributed by atoms with Gasteiger partial charge >= 0.3 is 0 Å². The lowest BCUT2D eigenvalue weighted by atomic mass is 9.98. The van der Waals surface area contributed by atoms with Crippen LogP contribution in [0, 0.1) is 0 Å². The van der Waals surface area contributed by atoms with E-state index < -0.39 is 6.29 Å². The van der Waals surface area contributed by atoms with E-state index in [-0.39, 0.29) is 30.8 Å². The second kappa shape index (κ2) is 14.1. The van der Waals surface area contributed by atoms with Crippen LogP contribution in [0.5, 0.6) is 0 Å². The maximum atomic E-state index is 12.5. The number of carbonyl (C=O) groups excluding carboxylic acids is 1. The van der Waals surface area contributed by atoms with Crippen LogP contribution in [0.3, 0.4) is 0 Å². The van der Waals surface area contributed by atoms with Crippen LogP contribution < -0.4 is 5.32 Å². The number of aromatic nitrogens is 1. The van der Waals surface area contributed by atoms with E-state index in [9.17, 15) is 9.90 Å². The number of amides is 1. The van der Waals surface area contributed by atoms with E-state index in [0.717, 1.165) is 28.8 Å². The van der Waals surface area contributed by atoms with Crippen molar-refractivity contribution >= 4 is 16.7 Å². The maximum Gasteiger partial charge on any atom is 0.253 e. The topological polar surface area (TPSA) is 83.9 Å². The highest BCUT2D eigenvalue weighted by molar-refractivity contribution is 5.93. The van der Waals surface area contributed by atoms with Crippen LogP contribution in [0.25, 0.3) is 10.8 Å². The number of hydrogen-bond donors (Lipinski definition) is 2. The predicted octanol–water partition coefficient (Wildman–Crippen LogP) is 6.90. The number of aliphatic hydroxyl groups is 1. The Morgan fingerprint density at radius 1 is 0.911 bits per heavy atom. The van der Waals surface area contributed by atoms with Gasteiger partial charge in [-0.2, -0.15) is 0 Å². The molecule has 0 spiro atoms. The summed E-state index contributed by atoms with van der Waals surface area (Å²) in [5.41, 5.74) is 5.62. The summed E-state index contributed by atoms with van der Waals surface area (Å²) >= 11 is 0. The first-order valence-corrected chi connectivity index (χ1v) is 15.4.